The molecule has 2 unspecified atom stereocenters. The van der Waals surface area contributed by atoms with Gasteiger partial charge in [0.15, 0.2) is 6.17 Å². The molecule has 5 nitrogen and oxygen atoms in total. The lowest BCUT2D eigenvalue weighted by Crippen LogP contribution is -2.42. The highest BCUT2D eigenvalue weighted by atomic mass is 35.5. The van der Waals surface area contributed by atoms with Crippen LogP contribution in [0.5, 0.6) is 0 Å². The van der Waals surface area contributed by atoms with Gasteiger partial charge in [0, 0.05) is 6.04 Å². The van der Waals surface area contributed by atoms with Crippen molar-refractivity contribution >= 4 is 18.4 Å². The lowest BCUT2D eigenvalue weighted by Gasteiger charge is -2.13. The second-order valence-corrected chi connectivity index (χ2v) is 2.81. The number of urea groups is 1. The van der Waals surface area contributed by atoms with Gasteiger partial charge in [-0.25, -0.2) is 4.79 Å². The molecular formula is C6H11ClN4O. The number of rotatable bonds is 1. The smallest absolute Gasteiger partial charge is 0.310 e. The van der Waals surface area contributed by atoms with Crippen molar-refractivity contribution in [2.24, 2.45) is 10.2 Å². The molecule has 12 heavy (non-hydrogen) atoms. The van der Waals surface area contributed by atoms with Crippen molar-refractivity contribution in [3.05, 3.63) is 0 Å². The van der Waals surface area contributed by atoms with Gasteiger partial charge < -0.3 is 10.6 Å². The maximum absolute atomic E-state index is 10.6. The van der Waals surface area contributed by atoms with Gasteiger partial charge in [-0.15, -0.1) is 12.4 Å². The third-order valence-electron chi connectivity index (χ3n) is 2.02. The van der Waals surface area contributed by atoms with E-state index in [1.165, 1.54) is 0 Å². The van der Waals surface area contributed by atoms with E-state index >= 15 is 0 Å². The molecule has 6 heteroatoms. The van der Waals surface area contributed by atoms with Gasteiger partial charge in [0.05, 0.1) is 0 Å². The molecule has 0 aromatic carbocycles. The second-order valence-electron chi connectivity index (χ2n) is 2.81. The van der Waals surface area contributed by atoms with Gasteiger partial charge in [-0.2, -0.15) is 5.11 Å². The fraction of sp³-hybridized carbons (Fsp3) is 0.833. The number of amides is 2. The van der Waals surface area contributed by atoms with Gasteiger partial charge in [-0.1, -0.05) is 5.11 Å². The van der Waals surface area contributed by atoms with Crippen LogP contribution in [0.1, 0.15) is 12.8 Å². The largest absolute Gasteiger partial charge is 0.361 e. The highest BCUT2D eigenvalue weighted by molar-refractivity contribution is 5.85. The molecule has 2 amide bonds. The molecule has 2 rings (SSSR count). The number of hydrogen-bond acceptors (Lipinski definition) is 3. The average molecular weight is 191 g/mol. The van der Waals surface area contributed by atoms with Gasteiger partial charge in [0.2, 0.25) is 0 Å². The van der Waals surface area contributed by atoms with Crippen LogP contribution in [0.15, 0.2) is 10.2 Å². The van der Waals surface area contributed by atoms with Crippen LogP contribution in [0.25, 0.3) is 0 Å². The molecule has 0 bridgehead atoms. The minimum absolute atomic E-state index is 0. The Morgan fingerprint density at radius 1 is 1.50 bits per heavy atom. The summed E-state index contributed by atoms with van der Waals surface area (Å²) in [5, 5.41) is 13.1. The number of halogens is 1. The molecule has 2 N–H and O–H groups in total. The normalized spacial score (nSPS) is 33.2. The third-order valence-corrected chi connectivity index (χ3v) is 2.02. The van der Waals surface area contributed by atoms with Crippen molar-refractivity contribution in [1.82, 2.24) is 10.6 Å². The number of nitrogens with zero attached hydrogens (tertiary/aromatic N) is 2. The van der Waals surface area contributed by atoms with E-state index < -0.39 is 0 Å². The van der Waals surface area contributed by atoms with Gasteiger partial charge in [-0.3, -0.25) is 0 Å². The van der Waals surface area contributed by atoms with Crippen molar-refractivity contribution in [2.45, 2.75) is 25.0 Å². The van der Waals surface area contributed by atoms with Crippen LogP contribution in [0.4, 0.5) is 4.79 Å². The minimum atomic E-state index is -0.316. The highest BCUT2D eigenvalue weighted by Gasteiger charge is 2.28. The summed E-state index contributed by atoms with van der Waals surface area (Å²) in [6.45, 7) is 1.02. The molecule has 0 saturated carbocycles. The molecule has 1 saturated heterocycles. The number of azo groups is 1. The Morgan fingerprint density at radius 3 is 2.83 bits per heavy atom. The Kier molecular flexibility index (Phi) is 2.99. The Labute approximate surface area is 76.4 Å². The van der Waals surface area contributed by atoms with E-state index in [9.17, 15) is 4.79 Å². The summed E-state index contributed by atoms with van der Waals surface area (Å²) in [5.74, 6) is 0. The summed E-state index contributed by atoms with van der Waals surface area (Å²) < 4.78 is 0. The van der Waals surface area contributed by atoms with Gasteiger partial charge in [0.25, 0.3) is 0 Å². The first kappa shape index (κ1) is 9.41. The van der Waals surface area contributed by atoms with E-state index in [1.807, 2.05) is 0 Å². The number of carbonyl (C=O) groups is 1. The van der Waals surface area contributed by atoms with Crippen molar-refractivity contribution in [3.63, 3.8) is 0 Å². The topological polar surface area (TPSA) is 65.8 Å². The van der Waals surface area contributed by atoms with Crippen molar-refractivity contribution < 1.29 is 4.79 Å². The SMILES string of the molecule is Cl.O=C1N=NC(C2CCCN2)N1. The summed E-state index contributed by atoms with van der Waals surface area (Å²) in [4.78, 5) is 10.6. The zero-order valence-electron chi connectivity index (χ0n) is 6.49. The zero-order valence-corrected chi connectivity index (χ0v) is 7.30. The highest BCUT2D eigenvalue weighted by Crippen LogP contribution is 2.13. The van der Waals surface area contributed by atoms with E-state index in [0.717, 1.165) is 19.4 Å². The monoisotopic (exact) mass is 190 g/mol. The van der Waals surface area contributed by atoms with Crippen LogP contribution in [-0.4, -0.2) is 24.8 Å². The van der Waals surface area contributed by atoms with E-state index in [2.05, 4.69) is 20.9 Å². The van der Waals surface area contributed by atoms with Crippen LogP contribution < -0.4 is 10.6 Å². The van der Waals surface area contributed by atoms with Gasteiger partial charge >= 0.3 is 6.03 Å². The first-order valence-corrected chi connectivity index (χ1v) is 3.81. The Hall–Kier alpha value is -0.680. The molecule has 0 spiro atoms. The molecule has 2 aliphatic rings. The summed E-state index contributed by atoms with van der Waals surface area (Å²) in [5.41, 5.74) is 0. The molecule has 2 heterocycles. The van der Waals surface area contributed by atoms with Gasteiger partial charge in [-0.05, 0) is 19.4 Å². The number of nitrogens with one attached hydrogen (secondary N) is 2. The standard InChI is InChI=1S/C6H10N4O.ClH/c11-6-8-5(9-10-6)4-2-1-3-7-4;/h4-5,7H,1-3H2,(H,8,11);1H. The Bertz CT molecular complexity index is 202. The predicted octanol–water partition coefficient (Wildman–Crippen LogP) is 0.662. The Morgan fingerprint density at radius 2 is 2.33 bits per heavy atom. The van der Waals surface area contributed by atoms with Crippen LogP contribution >= 0.6 is 12.4 Å². The quantitative estimate of drug-likeness (QED) is 0.638. The molecular weight excluding hydrogens is 180 g/mol. The summed E-state index contributed by atoms with van der Waals surface area (Å²) in [6, 6.07) is -0.0195. The van der Waals surface area contributed by atoms with Crippen LogP contribution in [0, 0.1) is 0 Å². The van der Waals surface area contributed by atoms with Crippen LogP contribution in [0.2, 0.25) is 0 Å². The third kappa shape index (κ3) is 1.73. The lowest BCUT2D eigenvalue weighted by atomic mass is 10.2. The van der Waals surface area contributed by atoms with E-state index in [1.54, 1.807) is 0 Å². The van der Waals surface area contributed by atoms with Crippen LogP contribution in [-0.2, 0) is 0 Å². The molecule has 0 aromatic rings. The second kappa shape index (κ2) is 3.82. The molecule has 68 valence electrons. The fourth-order valence-electron chi connectivity index (χ4n) is 1.46. The average Bonchev–Trinajstić information content (AvgIpc) is 2.55. The van der Waals surface area contributed by atoms with E-state index in [4.69, 9.17) is 0 Å². The van der Waals surface area contributed by atoms with Crippen molar-refractivity contribution in [2.75, 3.05) is 6.54 Å². The first-order valence-electron chi connectivity index (χ1n) is 3.81. The number of carbonyl (C=O) groups excluding carboxylic acids is 1. The molecule has 2 aliphatic heterocycles. The van der Waals surface area contributed by atoms with E-state index in [0.29, 0.717) is 6.04 Å². The fourth-order valence-corrected chi connectivity index (χ4v) is 1.46. The molecule has 2 atom stereocenters. The molecule has 0 radical (unpaired) electrons. The Balaban J connectivity index is 0.000000720. The van der Waals surface area contributed by atoms with Crippen molar-refractivity contribution in [3.8, 4) is 0 Å². The summed E-state index contributed by atoms with van der Waals surface area (Å²) >= 11 is 0. The molecule has 1 fully saturated rings. The first-order chi connectivity index (χ1) is 5.36. The maximum Gasteiger partial charge on any atom is 0.361 e. The lowest BCUT2D eigenvalue weighted by molar-refractivity contribution is 0.249. The predicted molar refractivity (Wildman–Crippen MR) is 45.4 cm³/mol. The van der Waals surface area contributed by atoms with Crippen LogP contribution in [0.3, 0.4) is 0 Å². The number of hydrogen-bond donors (Lipinski definition) is 2. The molecule has 0 aromatic heterocycles. The van der Waals surface area contributed by atoms with Crippen molar-refractivity contribution in [1.29, 1.82) is 0 Å². The van der Waals surface area contributed by atoms with Gasteiger partial charge in [0.1, 0.15) is 0 Å². The summed E-state index contributed by atoms with van der Waals surface area (Å²) in [7, 11) is 0. The maximum atomic E-state index is 10.6. The minimum Gasteiger partial charge on any atom is -0.310 e. The van der Waals surface area contributed by atoms with E-state index in [-0.39, 0.29) is 24.6 Å². The molecule has 0 aliphatic carbocycles. The zero-order chi connectivity index (χ0) is 7.68. The summed E-state index contributed by atoms with van der Waals surface area (Å²) in [6.07, 6.45) is 2.11.